The second-order valence-electron chi connectivity index (χ2n) is 20.2. The summed E-state index contributed by atoms with van der Waals surface area (Å²) in [6, 6.07) is 42.4. The van der Waals surface area contributed by atoms with E-state index in [0.717, 1.165) is 30.4 Å². The fourth-order valence-corrected chi connectivity index (χ4v) is 12.6. The third kappa shape index (κ3) is 16.7. The van der Waals surface area contributed by atoms with Gasteiger partial charge in [-0.3, -0.25) is 5.43 Å². The molecule has 3 aromatic heterocycles. The molecule has 0 bridgehead atoms. The lowest BCUT2D eigenvalue weighted by Gasteiger charge is -2.34. The zero-order valence-corrected chi connectivity index (χ0v) is 53.2. The highest BCUT2D eigenvalue weighted by atomic mass is 35.5. The molecule has 18 nitrogen and oxygen atoms in total. The number of rotatable bonds is 25. The molecule has 10 rings (SSSR count). The lowest BCUT2D eigenvalue weighted by molar-refractivity contribution is -0.0367. The Balaban J connectivity index is 0.819. The molecule has 0 amide bonds. The van der Waals surface area contributed by atoms with Crippen LogP contribution in [0.1, 0.15) is 107 Å². The quantitative estimate of drug-likeness (QED) is 0.0141. The Hall–Kier alpha value is -8.83. The fraction of sp³-hybridized carbons (Fsp3) is 0.212. The number of hydrazone groups is 3. The van der Waals surface area contributed by atoms with Crippen molar-refractivity contribution in [3.05, 3.63) is 210 Å². The highest BCUT2D eigenvalue weighted by molar-refractivity contribution is 7.14. The van der Waals surface area contributed by atoms with E-state index < -0.39 is 43.2 Å². The number of hydrogen-bond donors (Lipinski definition) is 1. The third-order valence-corrected chi connectivity index (χ3v) is 17.5. The average molecular weight is 1320 g/mol. The summed E-state index contributed by atoms with van der Waals surface area (Å²) in [4.78, 5) is 68.8. The van der Waals surface area contributed by atoms with Crippen LogP contribution in [0.15, 0.2) is 177 Å². The Bertz CT molecular complexity index is 4060. The molecule has 0 radical (unpaired) electrons. The standard InChI is InChI=1S/C66H58Cl3N9O9S3/c1-3-4-17-33-83-60(79)49-25-9-6-20-44(49)37-72-78(65-75-59(40-90-65)53-29-13-16-32-56(53)69)46-22-18-23-47(34-46)87-62(81)50-26-10-7-21-45(50)36-71-77(64-74-58(39-89-64)52-28-12-15-31-55(52)68)42(2)86-66(82)85-41-84-61(80)48-24-8-5-19-43(48)35-70-76-63-73-57(38-88-63)51-27-11-14-30-54(51)67/h5-16,19-21,24-32,35-40,42,46-47H,3-4,17-18,22-23,33-34,41H2,1-2H3,(H,73,76)/b70-35+,71-36+,72-37+. The average Bonchev–Trinajstić information content (AvgIpc) is 2.05. The van der Waals surface area contributed by atoms with Gasteiger partial charge in [0.2, 0.25) is 22.2 Å². The highest BCUT2D eigenvalue weighted by Gasteiger charge is 2.32. The van der Waals surface area contributed by atoms with Crippen LogP contribution >= 0.6 is 68.8 Å². The minimum atomic E-state index is -1.19. The summed E-state index contributed by atoms with van der Waals surface area (Å²) in [5.74, 6) is -1.82. The fourth-order valence-electron chi connectivity index (χ4n) is 9.52. The maximum atomic E-state index is 14.4. The largest absolute Gasteiger partial charge is 0.513 e. The van der Waals surface area contributed by atoms with E-state index in [1.807, 2.05) is 88.6 Å². The van der Waals surface area contributed by atoms with Crippen LogP contribution in [0, 0.1) is 0 Å². The first-order valence-corrected chi connectivity index (χ1v) is 32.4. The smallest absolute Gasteiger partial charge is 0.462 e. The van der Waals surface area contributed by atoms with Crippen molar-refractivity contribution < 1.29 is 42.9 Å². The number of unbranched alkanes of at least 4 members (excludes halogenated alkanes) is 2. The number of carbonyl (C=O) groups excluding carboxylic acids is 4. The van der Waals surface area contributed by atoms with Crippen molar-refractivity contribution in [2.45, 2.75) is 77.2 Å². The number of carbonyl (C=O) groups is 4. The normalized spacial score (nSPS) is 14.3. The number of halogens is 3. The van der Waals surface area contributed by atoms with Crippen LogP contribution in [-0.4, -0.2) is 89.4 Å². The van der Waals surface area contributed by atoms with Crippen molar-refractivity contribution in [1.29, 1.82) is 0 Å². The van der Waals surface area contributed by atoms with E-state index in [2.05, 4.69) is 22.4 Å². The van der Waals surface area contributed by atoms with Crippen LogP contribution in [-0.2, 0) is 23.7 Å². The van der Waals surface area contributed by atoms with Crippen LogP contribution in [0.25, 0.3) is 33.8 Å². The van der Waals surface area contributed by atoms with E-state index >= 15 is 0 Å². The maximum Gasteiger partial charge on any atom is 0.513 e. The number of aromatic nitrogens is 3. The van der Waals surface area contributed by atoms with E-state index in [9.17, 15) is 19.2 Å². The van der Waals surface area contributed by atoms with Crippen molar-refractivity contribution in [1.82, 2.24) is 15.0 Å². The van der Waals surface area contributed by atoms with E-state index in [1.54, 1.807) is 91.3 Å². The lowest BCUT2D eigenvalue weighted by Crippen LogP contribution is -2.39. The first-order valence-electron chi connectivity index (χ1n) is 28.6. The molecule has 0 saturated heterocycles. The molecule has 1 saturated carbocycles. The number of anilines is 3. The van der Waals surface area contributed by atoms with Gasteiger partial charge in [0.05, 0.1) is 65.1 Å². The van der Waals surface area contributed by atoms with Gasteiger partial charge in [-0.05, 0) is 69.0 Å². The highest BCUT2D eigenvalue weighted by Crippen LogP contribution is 2.38. The number of hydrogen-bond acceptors (Lipinski definition) is 21. The van der Waals surface area contributed by atoms with Gasteiger partial charge in [0.1, 0.15) is 6.10 Å². The summed E-state index contributed by atoms with van der Waals surface area (Å²) >= 11 is 23.5. The minimum Gasteiger partial charge on any atom is -0.462 e. The lowest BCUT2D eigenvalue weighted by atomic mass is 9.92. The molecule has 1 N–H and O–H groups in total. The van der Waals surface area contributed by atoms with Crippen molar-refractivity contribution in [2.75, 3.05) is 28.8 Å². The Labute approximate surface area is 546 Å². The molecule has 24 heteroatoms. The molecule has 1 aliphatic carbocycles. The maximum absolute atomic E-state index is 14.4. The van der Waals surface area contributed by atoms with Crippen molar-refractivity contribution in [2.24, 2.45) is 15.3 Å². The summed E-state index contributed by atoms with van der Waals surface area (Å²) in [6.45, 7) is 3.17. The van der Waals surface area contributed by atoms with Crippen LogP contribution in [0.5, 0.6) is 0 Å². The van der Waals surface area contributed by atoms with Crippen LogP contribution in [0.2, 0.25) is 15.1 Å². The third-order valence-electron chi connectivity index (χ3n) is 14.1. The zero-order valence-electron chi connectivity index (χ0n) is 48.5. The number of thiazole rings is 3. The molecule has 90 heavy (non-hydrogen) atoms. The summed E-state index contributed by atoms with van der Waals surface area (Å²) in [5, 5.41) is 25.7. The summed E-state index contributed by atoms with van der Waals surface area (Å²) in [5.41, 5.74) is 9.12. The number of ether oxygens (including phenoxy) is 5. The van der Waals surface area contributed by atoms with Crippen LogP contribution in [0.4, 0.5) is 20.2 Å². The van der Waals surface area contributed by atoms with Gasteiger partial charge in [0, 0.05) is 71.0 Å². The van der Waals surface area contributed by atoms with Crippen molar-refractivity contribution >= 4 is 127 Å². The molecule has 0 spiro atoms. The molecular formula is C66H58Cl3N9O9S3. The van der Waals surface area contributed by atoms with Crippen LogP contribution in [0.3, 0.4) is 0 Å². The van der Waals surface area contributed by atoms with E-state index in [1.165, 1.54) is 51.4 Å². The van der Waals surface area contributed by atoms with Crippen LogP contribution < -0.4 is 15.4 Å². The predicted octanol–water partition coefficient (Wildman–Crippen LogP) is 17.0. The summed E-state index contributed by atoms with van der Waals surface area (Å²) < 4.78 is 28.3. The number of nitrogens with one attached hydrogen (secondary N) is 1. The van der Waals surface area contributed by atoms with Gasteiger partial charge in [-0.2, -0.15) is 20.3 Å². The van der Waals surface area contributed by atoms with Gasteiger partial charge in [0.25, 0.3) is 0 Å². The monoisotopic (exact) mass is 1320 g/mol. The molecule has 0 aliphatic heterocycles. The van der Waals surface area contributed by atoms with Gasteiger partial charge in [-0.25, -0.2) is 39.1 Å². The second-order valence-corrected chi connectivity index (χ2v) is 23.9. The SMILES string of the molecule is CCCCCOC(=O)c1ccccc1/C=N/N(c1nc(-c2ccccc2Cl)cs1)C1CCCC(OC(=O)c2ccccc2/C=N/N(c2nc(-c3ccccc3Cl)cs2)C(C)OC(=O)OCOC(=O)c2ccccc2/C=N/Nc2nc(-c3ccccc3Cl)cs2)C1. The van der Waals surface area contributed by atoms with Gasteiger partial charge >= 0.3 is 24.1 Å². The summed E-state index contributed by atoms with van der Waals surface area (Å²) in [7, 11) is 0. The number of esters is 3. The molecule has 9 aromatic rings. The predicted molar refractivity (Wildman–Crippen MR) is 357 cm³/mol. The number of nitrogens with zero attached hydrogens (tertiary/aromatic N) is 8. The van der Waals surface area contributed by atoms with E-state index in [4.69, 9.17) is 78.7 Å². The van der Waals surface area contributed by atoms with Crippen molar-refractivity contribution in [3.63, 3.8) is 0 Å². The first-order chi connectivity index (χ1) is 43.9. The minimum absolute atomic E-state index is 0.149. The van der Waals surface area contributed by atoms with Crippen molar-refractivity contribution in [3.8, 4) is 33.8 Å². The zero-order chi connectivity index (χ0) is 62.8. The second kappa shape index (κ2) is 31.6. The molecule has 3 atom stereocenters. The molecule has 3 heterocycles. The molecular weight excluding hydrogens is 1270 g/mol. The van der Waals surface area contributed by atoms with Gasteiger partial charge in [-0.15, -0.1) is 34.0 Å². The molecule has 6 aromatic carbocycles. The Kier molecular flexibility index (Phi) is 22.5. The number of benzene rings is 6. The first kappa shape index (κ1) is 64.2. The Morgan fingerprint density at radius 1 is 0.600 bits per heavy atom. The van der Waals surface area contributed by atoms with Gasteiger partial charge in [-0.1, -0.05) is 164 Å². The molecule has 460 valence electrons. The van der Waals surface area contributed by atoms with E-state index in [-0.39, 0.29) is 17.2 Å². The Morgan fingerprint density at radius 3 is 1.72 bits per heavy atom. The Morgan fingerprint density at radius 2 is 1.11 bits per heavy atom. The molecule has 3 unspecified atom stereocenters. The van der Waals surface area contributed by atoms with Gasteiger partial charge in [0.15, 0.2) is 6.23 Å². The molecule has 1 aliphatic rings. The molecule has 1 fully saturated rings. The van der Waals surface area contributed by atoms with E-state index in [0.29, 0.717) is 108 Å². The van der Waals surface area contributed by atoms with Gasteiger partial charge < -0.3 is 23.7 Å². The topological polar surface area (TPSA) is 209 Å². The summed E-state index contributed by atoms with van der Waals surface area (Å²) in [6.07, 6.45) is 6.75.